The van der Waals surface area contributed by atoms with E-state index in [4.69, 9.17) is 40.4 Å². The zero-order valence-electron chi connectivity index (χ0n) is 25.2. The fraction of sp³-hybridized carbons (Fsp3) is 0.273. The Labute approximate surface area is 269 Å². The van der Waals surface area contributed by atoms with Gasteiger partial charge < -0.3 is 33.9 Å². The van der Waals surface area contributed by atoms with E-state index in [1.807, 2.05) is 54.6 Å². The fourth-order valence-electron chi connectivity index (χ4n) is 5.50. The largest absolute Gasteiger partial charge is 0.497 e. The highest BCUT2D eigenvalue weighted by Gasteiger charge is 2.30. The highest BCUT2D eigenvalue weighted by atomic mass is 35.5. The lowest BCUT2D eigenvalue weighted by Gasteiger charge is -2.32. The van der Waals surface area contributed by atoms with E-state index in [1.54, 1.807) is 20.2 Å². The molecule has 0 amide bonds. The van der Waals surface area contributed by atoms with E-state index in [-0.39, 0.29) is 12.3 Å². The molecule has 12 nitrogen and oxygen atoms in total. The van der Waals surface area contributed by atoms with Gasteiger partial charge in [-0.3, -0.25) is 4.98 Å². The van der Waals surface area contributed by atoms with Crippen LogP contribution in [0.4, 0.5) is 17.2 Å². The van der Waals surface area contributed by atoms with Crippen LogP contribution < -0.4 is 19.7 Å². The third-order valence-electron chi connectivity index (χ3n) is 7.73. The number of nitrogens with one attached hydrogen (secondary N) is 1. The first-order chi connectivity index (χ1) is 22.5. The van der Waals surface area contributed by atoms with Crippen LogP contribution in [0.15, 0.2) is 67.0 Å². The maximum Gasteiger partial charge on any atom is 0.358 e. The summed E-state index contributed by atoms with van der Waals surface area (Å²) in [5.41, 5.74) is 5.24. The summed E-state index contributed by atoms with van der Waals surface area (Å²) in [5, 5.41) is 8.59. The third kappa shape index (κ3) is 5.66. The Morgan fingerprint density at radius 2 is 1.87 bits per heavy atom. The van der Waals surface area contributed by atoms with Crippen LogP contribution in [0.1, 0.15) is 34.8 Å². The van der Waals surface area contributed by atoms with Crippen molar-refractivity contribution in [2.24, 2.45) is 0 Å². The van der Waals surface area contributed by atoms with Gasteiger partial charge in [-0.1, -0.05) is 41.9 Å². The van der Waals surface area contributed by atoms with Gasteiger partial charge in [-0.25, -0.2) is 14.3 Å². The molecule has 0 radical (unpaired) electrons. The van der Waals surface area contributed by atoms with Crippen LogP contribution in [0.5, 0.6) is 11.5 Å². The van der Waals surface area contributed by atoms with E-state index in [0.717, 1.165) is 22.4 Å². The second kappa shape index (κ2) is 12.8. The summed E-state index contributed by atoms with van der Waals surface area (Å²) in [5.74, 6) is 1.10. The van der Waals surface area contributed by atoms with E-state index < -0.39 is 12.3 Å². The Morgan fingerprint density at radius 3 is 2.61 bits per heavy atom. The average Bonchev–Trinajstić information content (AvgIpc) is 3.78. The van der Waals surface area contributed by atoms with E-state index in [2.05, 4.69) is 20.2 Å². The maximum atomic E-state index is 12.9. The number of imidazole rings is 1. The standard InChI is InChI=1S/C33H31ClN6O6/c1-3-43-32(41)26-18-36-31-28-29(44-14-13-39(28)19-20-7-10-22(42-2)11-8-20)30(38-40(26)31)37-25-6-4-5-23(27(25)34)24-12-9-21(17-35-24)33-45-15-16-46-33/h4-12,17-18,33H,3,13-16,19H2,1-2H3,(H,37,38). The van der Waals surface area contributed by atoms with Crippen molar-refractivity contribution in [3.05, 3.63) is 88.8 Å². The number of esters is 1. The molecule has 236 valence electrons. The molecule has 0 atom stereocenters. The molecule has 0 aliphatic carbocycles. The van der Waals surface area contributed by atoms with Crippen molar-refractivity contribution in [2.75, 3.05) is 50.3 Å². The first-order valence-electron chi connectivity index (χ1n) is 14.9. The van der Waals surface area contributed by atoms with E-state index in [1.165, 1.54) is 10.7 Å². The van der Waals surface area contributed by atoms with Gasteiger partial charge in [0.05, 0.1) is 56.1 Å². The number of carbonyl (C=O) groups is 1. The number of carbonyl (C=O) groups excluding carboxylic acids is 1. The molecular formula is C33H31ClN6O6. The van der Waals surface area contributed by atoms with Crippen LogP contribution in [0.2, 0.25) is 5.02 Å². The van der Waals surface area contributed by atoms with Gasteiger partial charge in [-0.2, -0.15) is 0 Å². The zero-order chi connectivity index (χ0) is 31.6. The van der Waals surface area contributed by atoms with Gasteiger partial charge in [-0.05, 0) is 36.8 Å². The lowest BCUT2D eigenvalue weighted by Crippen LogP contribution is -2.33. The van der Waals surface area contributed by atoms with E-state index >= 15 is 0 Å². The van der Waals surface area contributed by atoms with Crippen LogP contribution in [-0.4, -0.2) is 65.6 Å². The molecule has 1 N–H and O–H groups in total. The first-order valence-corrected chi connectivity index (χ1v) is 15.3. The number of aromatic nitrogens is 4. The molecule has 1 fully saturated rings. The second-order valence-corrected chi connectivity index (χ2v) is 11.0. The van der Waals surface area contributed by atoms with Crippen molar-refractivity contribution in [2.45, 2.75) is 19.8 Å². The number of hydrogen-bond donors (Lipinski definition) is 1. The molecule has 0 bridgehead atoms. The Bertz CT molecular complexity index is 1880. The normalized spacial score (nSPS) is 14.6. The van der Waals surface area contributed by atoms with Gasteiger partial charge in [0.1, 0.15) is 18.0 Å². The first kappa shape index (κ1) is 29.8. The molecule has 13 heteroatoms. The number of ether oxygens (including phenoxy) is 5. The number of anilines is 3. The van der Waals surface area contributed by atoms with E-state index in [9.17, 15) is 4.79 Å². The molecule has 5 heterocycles. The van der Waals surface area contributed by atoms with Crippen LogP contribution >= 0.6 is 11.6 Å². The Morgan fingerprint density at radius 1 is 1.04 bits per heavy atom. The predicted molar refractivity (Wildman–Crippen MR) is 171 cm³/mol. The van der Waals surface area contributed by atoms with Crippen molar-refractivity contribution in [1.29, 1.82) is 0 Å². The number of hydrogen-bond acceptors (Lipinski definition) is 11. The molecule has 7 rings (SSSR count). The minimum atomic E-state index is -0.533. The maximum absolute atomic E-state index is 12.9. The summed E-state index contributed by atoms with van der Waals surface area (Å²) < 4.78 is 29.5. The van der Waals surface area contributed by atoms with Crippen LogP contribution in [-0.2, 0) is 20.8 Å². The summed E-state index contributed by atoms with van der Waals surface area (Å²) in [7, 11) is 1.64. The number of methoxy groups -OCH3 is 1. The van der Waals surface area contributed by atoms with Crippen LogP contribution in [0.3, 0.4) is 0 Å². The zero-order valence-corrected chi connectivity index (χ0v) is 26.0. The van der Waals surface area contributed by atoms with Gasteiger partial charge in [0.2, 0.25) is 0 Å². The highest BCUT2D eigenvalue weighted by molar-refractivity contribution is 6.36. The number of halogens is 1. The van der Waals surface area contributed by atoms with Crippen molar-refractivity contribution < 1.29 is 28.5 Å². The minimum Gasteiger partial charge on any atom is -0.497 e. The summed E-state index contributed by atoms with van der Waals surface area (Å²) in [4.78, 5) is 24.3. The van der Waals surface area contributed by atoms with Crippen LogP contribution in [0.25, 0.3) is 16.9 Å². The third-order valence-corrected chi connectivity index (χ3v) is 8.14. The highest BCUT2D eigenvalue weighted by Crippen LogP contribution is 2.43. The number of pyridine rings is 1. The molecule has 0 spiro atoms. The molecule has 5 aromatic rings. The van der Waals surface area contributed by atoms with Crippen molar-refractivity contribution in [1.82, 2.24) is 19.6 Å². The molecular weight excluding hydrogens is 612 g/mol. The van der Waals surface area contributed by atoms with Crippen molar-refractivity contribution in [3.63, 3.8) is 0 Å². The van der Waals surface area contributed by atoms with Crippen LogP contribution in [0, 0.1) is 0 Å². The quantitative estimate of drug-likeness (QED) is 0.196. The predicted octanol–water partition coefficient (Wildman–Crippen LogP) is 5.82. The number of nitrogens with zero attached hydrogens (tertiary/aromatic N) is 5. The molecule has 2 aliphatic heterocycles. The van der Waals surface area contributed by atoms with E-state index in [0.29, 0.717) is 72.2 Å². The molecule has 2 aromatic carbocycles. The van der Waals surface area contributed by atoms with Gasteiger partial charge in [0.15, 0.2) is 29.2 Å². The van der Waals surface area contributed by atoms with Gasteiger partial charge in [-0.15, -0.1) is 5.10 Å². The smallest absolute Gasteiger partial charge is 0.358 e. The van der Waals surface area contributed by atoms with Gasteiger partial charge in [0, 0.05) is 23.9 Å². The Kier molecular flexibility index (Phi) is 8.31. The van der Waals surface area contributed by atoms with Crippen molar-refractivity contribution in [3.8, 4) is 22.8 Å². The SMILES string of the molecule is CCOC(=O)c1cnc2c3c(c(Nc4cccc(-c5ccc(C6OCCO6)cn5)c4Cl)nn12)OCCN3Cc1ccc(OC)cc1. The number of fused-ring (bicyclic) bond motifs is 3. The monoisotopic (exact) mass is 642 g/mol. The summed E-state index contributed by atoms with van der Waals surface area (Å²) >= 11 is 6.99. The molecule has 3 aromatic heterocycles. The molecule has 0 unspecified atom stereocenters. The molecule has 0 saturated carbocycles. The lowest BCUT2D eigenvalue weighted by atomic mass is 10.1. The summed E-state index contributed by atoms with van der Waals surface area (Å²) in [6.45, 7) is 4.65. The average molecular weight is 643 g/mol. The van der Waals surface area contributed by atoms with Gasteiger partial charge in [0.25, 0.3) is 0 Å². The topological polar surface area (TPSA) is 122 Å². The second-order valence-electron chi connectivity index (χ2n) is 10.6. The molecule has 1 saturated heterocycles. The summed E-state index contributed by atoms with van der Waals surface area (Å²) in [6.07, 6.45) is 2.79. The van der Waals surface area contributed by atoms with Gasteiger partial charge >= 0.3 is 5.97 Å². The molecule has 46 heavy (non-hydrogen) atoms. The molecule has 2 aliphatic rings. The minimum absolute atomic E-state index is 0.192. The lowest BCUT2D eigenvalue weighted by molar-refractivity contribution is -0.0443. The summed E-state index contributed by atoms with van der Waals surface area (Å²) in [6, 6.07) is 17.3. The number of benzene rings is 2. The Balaban J connectivity index is 1.28. The number of rotatable bonds is 9. The van der Waals surface area contributed by atoms with Crippen molar-refractivity contribution >= 4 is 40.4 Å². The fourth-order valence-corrected chi connectivity index (χ4v) is 5.77. The Hall–Kier alpha value is -4.91.